The normalized spacial score (nSPS) is 18.9. The van der Waals surface area contributed by atoms with E-state index < -0.39 is 0 Å². The summed E-state index contributed by atoms with van der Waals surface area (Å²) in [6.45, 7) is 5.84. The molecule has 1 amide bonds. The highest BCUT2D eigenvalue weighted by Crippen LogP contribution is 2.23. The predicted molar refractivity (Wildman–Crippen MR) is 104 cm³/mol. The lowest BCUT2D eigenvalue weighted by Crippen LogP contribution is -2.45. The Morgan fingerprint density at radius 3 is 2.57 bits per heavy atom. The maximum atomic E-state index is 12.6. The number of nitrogens with zero attached hydrogens (tertiary/aromatic N) is 5. The molecule has 0 unspecified atom stereocenters. The molecule has 8 heteroatoms. The minimum Gasteiger partial charge on any atom is -0.483 e. The molecule has 0 spiro atoms. The third-order valence-electron chi connectivity index (χ3n) is 5.21. The number of aromatic nitrogens is 3. The summed E-state index contributed by atoms with van der Waals surface area (Å²) in [5, 5.41) is 15.7. The SMILES string of the molecule is C[C@H]1CN(C(=O)CN2CCCC2)Cc2nnc(Cc3ccccc3)n21.O=CO. The van der Waals surface area contributed by atoms with Crippen LogP contribution in [0.3, 0.4) is 0 Å². The van der Waals surface area contributed by atoms with Gasteiger partial charge in [0.05, 0.1) is 19.1 Å². The number of hydrogen-bond acceptors (Lipinski definition) is 5. The molecular formula is C20H27N5O3. The van der Waals surface area contributed by atoms with E-state index in [-0.39, 0.29) is 18.4 Å². The molecule has 1 fully saturated rings. The van der Waals surface area contributed by atoms with Gasteiger partial charge in [0, 0.05) is 13.0 Å². The quantitative estimate of drug-likeness (QED) is 0.804. The second-order valence-electron chi connectivity index (χ2n) is 7.28. The van der Waals surface area contributed by atoms with Gasteiger partial charge < -0.3 is 14.6 Å². The number of carbonyl (C=O) groups is 2. The van der Waals surface area contributed by atoms with Crippen molar-refractivity contribution in [3.05, 3.63) is 47.5 Å². The van der Waals surface area contributed by atoms with E-state index in [9.17, 15) is 4.79 Å². The van der Waals surface area contributed by atoms with Gasteiger partial charge in [-0.3, -0.25) is 14.5 Å². The lowest BCUT2D eigenvalue weighted by Gasteiger charge is -2.33. The van der Waals surface area contributed by atoms with Crippen LogP contribution in [0.4, 0.5) is 0 Å². The minimum atomic E-state index is -0.250. The van der Waals surface area contributed by atoms with E-state index in [1.54, 1.807) is 0 Å². The Morgan fingerprint density at radius 2 is 1.89 bits per heavy atom. The van der Waals surface area contributed by atoms with E-state index >= 15 is 0 Å². The summed E-state index contributed by atoms with van der Waals surface area (Å²) in [7, 11) is 0. The van der Waals surface area contributed by atoms with Crippen molar-refractivity contribution in [1.29, 1.82) is 0 Å². The number of carboxylic acid groups (broad SMARTS) is 1. The molecule has 2 aliphatic rings. The second-order valence-corrected chi connectivity index (χ2v) is 7.28. The highest BCUT2D eigenvalue weighted by molar-refractivity contribution is 5.78. The van der Waals surface area contributed by atoms with Crippen LogP contribution in [0.5, 0.6) is 0 Å². The van der Waals surface area contributed by atoms with E-state index in [1.165, 1.54) is 18.4 Å². The summed E-state index contributed by atoms with van der Waals surface area (Å²) < 4.78 is 2.21. The van der Waals surface area contributed by atoms with Gasteiger partial charge in [-0.05, 0) is 38.4 Å². The van der Waals surface area contributed by atoms with Crippen molar-refractivity contribution in [3.63, 3.8) is 0 Å². The summed E-state index contributed by atoms with van der Waals surface area (Å²) in [5.74, 6) is 2.10. The molecule has 150 valence electrons. The number of benzene rings is 1. The molecule has 3 heterocycles. The third-order valence-corrected chi connectivity index (χ3v) is 5.21. The van der Waals surface area contributed by atoms with Gasteiger partial charge in [0.25, 0.3) is 6.47 Å². The number of fused-ring (bicyclic) bond motifs is 1. The van der Waals surface area contributed by atoms with Gasteiger partial charge in [-0.2, -0.15) is 0 Å². The maximum Gasteiger partial charge on any atom is 0.290 e. The van der Waals surface area contributed by atoms with Crippen molar-refractivity contribution in [2.45, 2.75) is 38.8 Å². The van der Waals surface area contributed by atoms with Crippen molar-refractivity contribution in [2.24, 2.45) is 0 Å². The Kier molecular flexibility index (Phi) is 6.76. The number of amides is 1. The summed E-state index contributed by atoms with van der Waals surface area (Å²) in [6.07, 6.45) is 3.20. The smallest absolute Gasteiger partial charge is 0.290 e. The van der Waals surface area contributed by atoms with Crippen molar-refractivity contribution >= 4 is 12.4 Å². The van der Waals surface area contributed by atoms with Crippen LogP contribution < -0.4 is 0 Å². The van der Waals surface area contributed by atoms with E-state index in [2.05, 4.69) is 38.7 Å². The molecule has 0 aliphatic carbocycles. The zero-order valence-electron chi connectivity index (χ0n) is 16.2. The van der Waals surface area contributed by atoms with Crippen molar-refractivity contribution in [3.8, 4) is 0 Å². The summed E-state index contributed by atoms with van der Waals surface area (Å²) >= 11 is 0. The minimum absolute atomic E-state index is 0.208. The van der Waals surface area contributed by atoms with Gasteiger partial charge in [0.2, 0.25) is 5.91 Å². The number of rotatable bonds is 4. The van der Waals surface area contributed by atoms with E-state index in [4.69, 9.17) is 9.90 Å². The largest absolute Gasteiger partial charge is 0.483 e. The molecule has 0 radical (unpaired) electrons. The Hall–Kier alpha value is -2.74. The van der Waals surface area contributed by atoms with Crippen LogP contribution >= 0.6 is 0 Å². The van der Waals surface area contributed by atoms with Crippen molar-refractivity contribution in [1.82, 2.24) is 24.6 Å². The molecule has 1 saturated heterocycles. The number of carbonyl (C=O) groups excluding carboxylic acids is 1. The topological polar surface area (TPSA) is 91.6 Å². The first-order valence-corrected chi connectivity index (χ1v) is 9.67. The lowest BCUT2D eigenvalue weighted by molar-refractivity contribution is -0.134. The Balaban J connectivity index is 0.000000706. The highest BCUT2D eigenvalue weighted by Gasteiger charge is 2.30. The molecular weight excluding hydrogens is 358 g/mol. The first-order valence-electron chi connectivity index (χ1n) is 9.67. The Bertz CT molecular complexity index is 786. The number of hydrogen-bond donors (Lipinski definition) is 1. The molecule has 2 aromatic rings. The average molecular weight is 385 g/mol. The Morgan fingerprint density at radius 1 is 1.21 bits per heavy atom. The van der Waals surface area contributed by atoms with Gasteiger partial charge in [-0.1, -0.05) is 30.3 Å². The van der Waals surface area contributed by atoms with Crippen LogP contribution in [0, 0.1) is 0 Å². The molecule has 1 N–H and O–H groups in total. The number of likely N-dealkylation sites (tertiary alicyclic amines) is 1. The van der Waals surface area contributed by atoms with Crippen molar-refractivity contribution < 1.29 is 14.7 Å². The Labute approximate surface area is 164 Å². The van der Waals surface area contributed by atoms with Gasteiger partial charge in [0.15, 0.2) is 5.82 Å². The molecule has 8 nitrogen and oxygen atoms in total. The van der Waals surface area contributed by atoms with Crippen LogP contribution in [0.25, 0.3) is 0 Å². The molecule has 2 aliphatic heterocycles. The third kappa shape index (κ3) is 4.75. The highest BCUT2D eigenvalue weighted by atomic mass is 16.3. The first-order chi connectivity index (χ1) is 13.6. The average Bonchev–Trinajstić information content (AvgIpc) is 3.33. The van der Waals surface area contributed by atoms with E-state index in [0.717, 1.165) is 37.7 Å². The van der Waals surface area contributed by atoms with Crippen LogP contribution in [-0.2, 0) is 22.6 Å². The molecule has 1 aromatic carbocycles. The molecule has 0 saturated carbocycles. The molecule has 4 rings (SSSR count). The lowest BCUT2D eigenvalue weighted by atomic mass is 10.1. The van der Waals surface area contributed by atoms with E-state index in [1.807, 2.05) is 23.1 Å². The fourth-order valence-corrected chi connectivity index (χ4v) is 3.93. The standard InChI is InChI=1S/C19H25N5O.CH2O2/c1-15-12-23(19(25)14-22-9-5-6-10-22)13-18-21-20-17(24(15)18)11-16-7-3-2-4-8-16;2-1-3/h2-4,7-8,15H,5-6,9-14H2,1H3;1H,(H,2,3)/t15-;/m0./s1. The van der Waals surface area contributed by atoms with Gasteiger partial charge in [-0.15, -0.1) is 10.2 Å². The molecule has 28 heavy (non-hydrogen) atoms. The van der Waals surface area contributed by atoms with Crippen molar-refractivity contribution in [2.75, 3.05) is 26.2 Å². The van der Waals surface area contributed by atoms with E-state index in [0.29, 0.717) is 13.1 Å². The fourth-order valence-electron chi connectivity index (χ4n) is 3.93. The molecule has 0 bridgehead atoms. The molecule has 1 atom stereocenters. The van der Waals surface area contributed by atoms with Gasteiger partial charge in [-0.25, -0.2) is 0 Å². The summed E-state index contributed by atoms with van der Waals surface area (Å²) in [4.78, 5) is 25.2. The first kappa shape index (κ1) is 20.0. The zero-order chi connectivity index (χ0) is 19.9. The zero-order valence-corrected chi connectivity index (χ0v) is 16.2. The fraction of sp³-hybridized carbons (Fsp3) is 0.500. The predicted octanol–water partition coefficient (Wildman–Crippen LogP) is 1.57. The van der Waals surface area contributed by atoms with Crippen LogP contribution in [-0.4, -0.2) is 68.2 Å². The van der Waals surface area contributed by atoms with Crippen LogP contribution in [0.15, 0.2) is 30.3 Å². The summed E-state index contributed by atoms with van der Waals surface area (Å²) in [5.41, 5.74) is 1.23. The summed E-state index contributed by atoms with van der Waals surface area (Å²) in [6, 6.07) is 10.5. The van der Waals surface area contributed by atoms with Crippen LogP contribution in [0.1, 0.15) is 43.0 Å². The second kappa shape index (κ2) is 9.45. The van der Waals surface area contributed by atoms with Crippen LogP contribution in [0.2, 0.25) is 0 Å². The van der Waals surface area contributed by atoms with Gasteiger partial charge in [0.1, 0.15) is 5.82 Å². The monoisotopic (exact) mass is 385 g/mol. The molecule has 1 aromatic heterocycles. The maximum absolute atomic E-state index is 12.6. The van der Waals surface area contributed by atoms with Gasteiger partial charge >= 0.3 is 0 Å².